The van der Waals surface area contributed by atoms with Crippen LogP contribution in [0.25, 0.3) is 10.9 Å². The average Bonchev–Trinajstić information content (AvgIpc) is 3.11. The Bertz CT molecular complexity index is 1140. The lowest BCUT2D eigenvalue weighted by Crippen LogP contribution is -2.50. The highest BCUT2D eigenvalue weighted by molar-refractivity contribution is 7.91. The van der Waals surface area contributed by atoms with Crippen molar-refractivity contribution in [2.24, 2.45) is 0 Å². The Morgan fingerprint density at radius 3 is 2.56 bits per heavy atom. The van der Waals surface area contributed by atoms with Crippen LogP contribution in [0.3, 0.4) is 0 Å². The highest BCUT2D eigenvalue weighted by Crippen LogP contribution is 2.28. The third-order valence-electron chi connectivity index (χ3n) is 6.37. The number of pyridine rings is 1. The molecular weight excluding hydrogens is 452 g/mol. The Hall–Kier alpha value is -2.19. The van der Waals surface area contributed by atoms with Crippen LogP contribution in [0, 0.1) is 6.92 Å². The summed E-state index contributed by atoms with van der Waals surface area (Å²) < 4.78 is 29.4. The van der Waals surface area contributed by atoms with Gasteiger partial charge in [0.2, 0.25) is 0 Å². The summed E-state index contributed by atoms with van der Waals surface area (Å²) in [6.07, 6.45) is 5.29. The van der Waals surface area contributed by atoms with Crippen LogP contribution in [0.5, 0.6) is 0 Å². The van der Waals surface area contributed by atoms with E-state index in [1.165, 1.54) is 0 Å². The number of hydrogen-bond acceptors (Lipinski definition) is 6. The molecule has 32 heavy (non-hydrogen) atoms. The fraction of sp³-hybridized carbons (Fsp3) is 0.522. The van der Waals surface area contributed by atoms with Crippen LogP contribution in [-0.4, -0.2) is 60.4 Å². The molecular formula is C23H27ClN2O5S. The van der Waals surface area contributed by atoms with Crippen LogP contribution in [0.4, 0.5) is 0 Å². The van der Waals surface area contributed by atoms with Gasteiger partial charge in [0.1, 0.15) is 0 Å². The molecule has 1 atom stereocenters. The van der Waals surface area contributed by atoms with Gasteiger partial charge in [0.05, 0.1) is 28.3 Å². The Labute approximate surface area is 193 Å². The molecule has 1 aromatic heterocycles. The van der Waals surface area contributed by atoms with Gasteiger partial charge in [-0.05, 0) is 50.5 Å². The van der Waals surface area contributed by atoms with E-state index < -0.39 is 22.4 Å². The number of halogens is 1. The van der Waals surface area contributed by atoms with Gasteiger partial charge in [-0.25, -0.2) is 13.2 Å². The second kappa shape index (κ2) is 9.35. The van der Waals surface area contributed by atoms with E-state index >= 15 is 0 Å². The molecule has 2 aliphatic rings. The summed E-state index contributed by atoms with van der Waals surface area (Å²) in [4.78, 5) is 32.0. The smallest absolute Gasteiger partial charge is 0.340 e. The fourth-order valence-corrected chi connectivity index (χ4v) is 6.68. The molecule has 1 saturated carbocycles. The van der Waals surface area contributed by atoms with Crippen LogP contribution in [0.15, 0.2) is 24.3 Å². The van der Waals surface area contributed by atoms with Crippen LogP contribution < -0.4 is 0 Å². The zero-order chi connectivity index (χ0) is 22.9. The zero-order valence-electron chi connectivity index (χ0n) is 18.0. The number of fused-ring (bicyclic) bond motifs is 1. The van der Waals surface area contributed by atoms with Gasteiger partial charge in [-0.15, -0.1) is 0 Å². The number of aromatic nitrogens is 1. The predicted octanol–water partition coefficient (Wildman–Crippen LogP) is 3.70. The van der Waals surface area contributed by atoms with Crippen molar-refractivity contribution in [3.8, 4) is 0 Å². The molecule has 1 amide bonds. The minimum absolute atomic E-state index is 0.000495. The van der Waals surface area contributed by atoms with Gasteiger partial charge >= 0.3 is 5.97 Å². The minimum atomic E-state index is -3.14. The Morgan fingerprint density at radius 1 is 1.12 bits per heavy atom. The summed E-state index contributed by atoms with van der Waals surface area (Å²) in [6.45, 7) is 1.29. The SMILES string of the molecule is Cc1nc2ccc(Cl)cc2cc1C(=O)OCC(=O)N(C1CCCCC1)C1CCS(=O)(=O)C1. The molecule has 1 aromatic carbocycles. The van der Waals surface area contributed by atoms with Gasteiger partial charge in [-0.1, -0.05) is 30.9 Å². The first kappa shape index (κ1) is 23.0. The minimum Gasteiger partial charge on any atom is -0.452 e. The molecule has 0 radical (unpaired) electrons. The summed E-state index contributed by atoms with van der Waals surface area (Å²) in [5.74, 6) is -0.884. The Balaban J connectivity index is 1.49. The monoisotopic (exact) mass is 478 g/mol. The summed E-state index contributed by atoms with van der Waals surface area (Å²) >= 11 is 6.05. The molecule has 0 N–H and O–H groups in total. The molecule has 1 aliphatic carbocycles. The molecule has 172 valence electrons. The highest BCUT2D eigenvalue weighted by atomic mass is 35.5. The molecule has 4 rings (SSSR count). The van der Waals surface area contributed by atoms with Gasteiger partial charge in [-0.2, -0.15) is 0 Å². The van der Waals surface area contributed by atoms with E-state index in [9.17, 15) is 18.0 Å². The number of benzene rings is 1. The molecule has 0 spiro atoms. The van der Waals surface area contributed by atoms with E-state index in [0.717, 1.165) is 32.1 Å². The second-order valence-electron chi connectivity index (χ2n) is 8.68. The molecule has 7 nitrogen and oxygen atoms in total. The number of hydrogen-bond donors (Lipinski definition) is 0. The van der Waals surface area contributed by atoms with Gasteiger partial charge in [0.25, 0.3) is 5.91 Å². The maximum absolute atomic E-state index is 13.1. The summed E-state index contributed by atoms with van der Waals surface area (Å²) in [5, 5.41) is 1.24. The summed E-state index contributed by atoms with van der Waals surface area (Å²) in [7, 11) is -3.14. The van der Waals surface area contributed by atoms with Crippen molar-refractivity contribution < 1.29 is 22.7 Å². The van der Waals surface area contributed by atoms with Crippen LogP contribution in [0.2, 0.25) is 5.02 Å². The first-order valence-electron chi connectivity index (χ1n) is 11.0. The van der Waals surface area contributed by atoms with Crippen molar-refractivity contribution in [3.63, 3.8) is 0 Å². The standard InChI is InChI=1S/C23H27ClN2O5S/c1-15-20(12-16-11-17(24)7-8-21(16)25-15)23(28)31-13-22(27)26(18-5-3-2-4-6-18)19-9-10-32(29,30)14-19/h7-8,11-12,18-19H,2-6,9-10,13-14H2,1H3. The summed E-state index contributed by atoms with van der Waals surface area (Å²) in [5.41, 5.74) is 1.49. The Morgan fingerprint density at radius 2 is 1.88 bits per heavy atom. The number of amides is 1. The molecule has 1 aliphatic heterocycles. The van der Waals surface area contributed by atoms with E-state index in [-0.39, 0.29) is 35.1 Å². The lowest BCUT2D eigenvalue weighted by Gasteiger charge is -2.38. The molecule has 1 unspecified atom stereocenters. The zero-order valence-corrected chi connectivity index (χ0v) is 19.6. The number of carbonyl (C=O) groups is 2. The maximum Gasteiger partial charge on any atom is 0.340 e. The van der Waals surface area contributed by atoms with E-state index in [4.69, 9.17) is 16.3 Å². The molecule has 1 saturated heterocycles. The number of ether oxygens (including phenoxy) is 1. The Kier molecular flexibility index (Phi) is 6.72. The van der Waals surface area contributed by atoms with Gasteiger partial charge in [0, 0.05) is 22.5 Å². The molecule has 0 bridgehead atoms. The van der Waals surface area contributed by atoms with Crippen LogP contribution in [-0.2, 0) is 19.4 Å². The number of carbonyl (C=O) groups excluding carboxylic acids is 2. The van der Waals surface area contributed by atoms with Crippen molar-refractivity contribution >= 4 is 44.2 Å². The molecule has 9 heteroatoms. The first-order valence-corrected chi connectivity index (χ1v) is 13.2. The normalized spacial score (nSPS) is 20.9. The largest absolute Gasteiger partial charge is 0.452 e. The average molecular weight is 479 g/mol. The fourth-order valence-electron chi connectivity index (χ4n) is 4.79. The first-order chi connectivity index (χ1) is 15.2. The van der Waals surface area contributed by atoms with Crippen molar-refractivity contribution in [1.82, 2.24) is 9.88 Å². The third-order valence-corrected chi connectivity index (χ3v) is 8.36. The predicted molar refractivity (Wildman–Crippen MR) is 123 cm³/mol. The number of rotatable bonds is 5. The number of sulfone groups is 1. The van der Waals surface area contributed by atoms with Gasteiger partial charge in [-0.3, -0.25) is 9.78 Å². The topological polar surface area (TPSA) is 93.6 Å². The van der Waals surface area contributed by atoms with Crippen LogP contribution >= 0.6 is 11.6 Å². The third kappa shape index (κ3) is 5.07. The molecule has 2 heterocycles. The lowest BCUT2D eigenvalue weighted by molar-refractivity contribution is -0.140. The number of aryl methyl sites for hydroxylation is 1. The van der Waals surface area contributed by atoms with Crippen LogP contribution in [0.1, 0.15) is 54.6 Å². The van der Waals surface area contributed by atoms with E-state index in [1.807, 2.05) is 0 Å². The van der Waals surface area contributed by atoms with E-state index in [1.54, 1.807) is 36.1 Å². The van der Waals surface area contributed by atoms with Crippen molar-refractivity contribution in [3.05, 3.63) is 40.5 Å². The van der Waals surface area contributed by atoms with Crippen molar-refractivity contribution in [1.29, 1.82) is 0 Å². The number of esters is 1. The van der Waals surface area contributed by atoms with Gasteiger partial charge < -0.3 is 9.64 Å². The van der Waals surface area contributed by atoms with Crippen molar-refractivity contribution in [2.45, 2.75) is 57.5 Å². The second-order valence-corrected chi connectivity index (χ2v) is 11.3. The van der Waals surface area contributed by atoms with E-state index in [2.05, 4.69) is 4.98 Å². The van der Waals surface area contributed by atoms with E-state index in [0.29, 0.717) is 28.0 Å². The van der Waals surface area contributed by atoms with Gasteiger partial charge in [0.15, 0.2) is 16.4 Å². The van der Waals surface area contributed by atoms with Crippen molar-refractivity contribution in [2.75, 3.05) is 18.1 Å². The highest BCUT2D eigenvalue weighted by Gasteiger charge is 2.38. The maximum atomic E-state index is 13.1. The lowest BCUT2D eigenvalue weighted by atomic mass is 9.93. The summed E-state index contributed by atoms with van der Waals surface area (Å²) in [6, 6.07) is 6.55. The molecule has 2 fully saturated rings. The number of nitrogens with zero attached hydrogens (tertiary/aromatic N) is 2. The quantitative estimate of drug-likeness (QED) is 0.608. The molecule has 2 aromatic rings.